The molecule has 6 nitrogen and oxygen atoms in total. The second kappa shape index (κ2) is 9.92. The molecule has 0 atom stereocenters. The maximum atomic E-state index is 12.6. The van der Waals surface area contributed by atoms with Crippen LogP contribution in [0.1, 0.15) is 58.0 Å². The third-order valence-electron chi connectivity index (χ3n) is 6.64. The lowest BCUT2D eigenvalue weighted by atomic mass is 10.1. The summed E-state index contributed by atoms with van der Waals surface area (Å²) in [4.78, 5) is 28.9. The third-order valence-corrected chi connectivity index (χ3v) is 6.90. The third kappa shape index (κ3) is 4.93. The maximum Gasteiger partial charge on any atom is 0.335 e. The van der Waals surface area contributed by atoms with E-state index in [0.29, 0.717) is 28.7 Å². The molecule has 3 aromatic carbocycles. The standard InChI is InChI=1S/C28H26ClN3O3/c29-22-12-5-18(6-13-22)15-16-30-27(33)20-9-7-19(8-10-20)26-31-24-17-21(28(34)35)11-14-25(24)32(26)23-3-1-2-4-23/h5-14,17,23H,1-4,15-16H2,(H,30,33)(H,34,35). The minimum Gasteiger partial charge on any atom is -0.478 e. The summed E-state index contributed by atoms with van der Waals surface area (Å²) in [6, 6.07) is 20.5. The molecule has 0 unspecified atom stereocenters. The van der Waals surface area contributed by atoms with Gasteiger partial charge in [0.1, 0.15) is 5.82 Å². The molecule has 1 amide bonds. The van der Waals surface area contributed by atoms with Crippen LogP contribution in [0.3, 0.4) is 0 Å². The van der Waals surface area contributed by atoms with Crippen LogP contribution >= 0.6 is 11.6 Å². The Balaban J connectivity index is 1.36. The lowest BCUT2D eigenvalue weighted by Gasteiger charge is -2.16. The van der Waals surface area contributed by atoms with E-state index in [4.69, 9.17) is 16.6 Å². The molecular weight excluding hydrogens is 462 g/mol. The fourth-order valence-electron chi connectivity index (χ4n) is 4.81. The number of carbonyl (C=O) groups is 2. The van der Waals surface area contributed by atoms with Crippen LogP contribution in [0.5, 0.6) is 0 Å². The number of carboxylic acid groups (broad SMARTS) is 1. The van der Waals surface area contributed by atoms with E-state index in [0.717, 1.165) is 41.7 Å². The Morgan fingerprint density at radius 3 is 2.34 bits per heavy atom. The summed E-state index contributed by atoms with van der Waals surface area (Å²) in [6.07, 6.45) is 5.23. The van der Waals surface area contributed by atoms with E-state index in [-0.39, 0.29) is 11.5 Å². The van der Waals surface area contributed by atoms with Crippen molar-refractivity contribution in [3.63, 3.8) is 0 Å². The second-order valence-corrected chi connectivity index (χ2v) is 9.40. The molecule has 0 saturated heterocycles. The molecule has 1 fully saturated rings. The van der Waals surface area contributed by atoms with Gasteiger partial charge in [-0.05, 0) is 67.3 Å². The van der Waals surface area contributed by atoms with Gasteiger partial charge in [0.25, 0.3) is 5.91 Å². The van der Waals surface area contributed by atoms with Gasteiger partial charge in [0, 0.05) is 28.7 Å². The first-order chi connectivity index (χ1) is 17.0. The van der Waals surface area contributed by atoms with Crippen LogP contribution in [-0.4, -0.2) is 33.1 Å². The van der Waals surface area contributed by atoms with E-state index in [9.17, 15) is 14.7 Å². The van der Waals surface area contributed by atoms with E-state index in [2.05, 4.69) is 9.88 Å². The van der Waals surface area contributed by atoms with Gasteiger partial charge in [-0.1, -0.05) is 48.7 Å². The number of benzene rings is 3. The molecule has 1 aromatic heterocycles. The van der Waals surface area contributed by atoms with Crippen LogP contribution in [0.25, 0.3) is 22.4 Å². The second-order valence-electron chi connectivity index (χ2n) is 8.96. The number of amides is 1. The molecule has 0 bridgehead atoms. The fraction of sp³-hybridized carbons (Fsp3) is 0.250. The number of carbonyl (C=O) groups excluding carboxylic acids is 1. The molecule has 0 radical (unpaired) electrons. The number of carboxylic acids is 1. The Hall–Kier alpha value is -3.64. The van der Waals surface area contributed by atoms with Crippen molar-refractivity contribution < 1.29 is 14.7 Å². The number of nitrogens with one attached hydrogen (secondary N) is 1. The minimum atomic E-state index is -0.963. The first-order valence-corrected chi connectivity index (χ1v) is 12.3. The van der Waals surface area contributed by atoms with Gasteiger partial charge in [-0.3, -0.25) is 4.79 Å². The molecule has 2 N–H and O–H groups in total. The lowest BCUT2D eigenvalue weighted by Crippen LogP contribution is -2.25. The number of hydrogen-bond acceptors (Lipinski definition) is 3. The SMILES string of the molecule is O=C(O)c1ccc2c(c1)nc(-c1ccc(C(=O)NCCc3ccc(Cl)cc3)cc1)n2C1CCCC1. The summed E-state index contributed by atoms with van der Waals surface area (Å²) in [6.45, 7) is 0.533. The largest absolute Gasteiger partial charge is 0.478 e. The predicted octanol–water partition coefficient (Wildman–Crippen LogP) is 6.14. The number of rotatable bonds is 7. The number of fused-ring (bicyclic) bond motifs is 1. The number of aromatic nitrogens is 2. The molecule has 4 aromatic rings. The zero-order chi connectivity index (χ0) is 24.4. The van der Waals surface area contributed by atoms with Gasteiger partial charge in [0.05, 0.1) is 16.6 Å². The first kappa shape index (κ1) is 23.1. The van der Waals surface area contributed by atoms with Crippen molar-refractivity contribution in [2.75, 3.05) is 6.54 Å². The summed E-state index contributed by atoms with van der Waals surface area (Å²) >= 11 is 5.92. The van der Waals surface area contributed by atoms with E-state index in [1.807, 2.05) is 54.6 Å². The van der Waals surface area contributed by atoms with Crippen molar-refractivity contribution in [2.24, 2.45) is 0 Å². The lowest BCUT2D eigenvalue weighted by molar-refractivity contribution is 0.0696. The summed E-state index contributed by atoms with van der Waals surface area (Å²) in [5, 5.41) is 13.1. The van der Waals surface area contributed by atoms with Crippen molar-refractivity contribution in [3.05, 3.63) is 88.4 Å². The van der Waals surface area contributed by atoms with E-state index >= 15 is 0 Å². The Bertz CT molecular complexity index is 1370. The molecule has 178 valence electrons. The quantitative estimate of drug-likeness (QED) is 0.328. The Morgan fingerprint density at radius 1 is 0.971 bits per heavy atom. The van der Waals surface area contributed by atoms with Crippen molar-refractivity contribution in [3.8, 4) is 11.4 Å². The van der Waals surface area contributed by atoms with E-state index < -0.39 is 5.97 Å². The predicted molar refractivity (Wildman–Crippen MR) is 137 cm³/mol. The number of halogens is 1. The van der Waals surface area contributed by atoms with Crippen molar-refractivity contribution in [1.82, 2.24) is 14.9 Å². The number of imidazole rings is 1. The molecule has 7 heteroatoms. The number of hydrogen-bond donors (Lipinski definition) is 2. The molecule has 1 heterocycles. The van der Waals surface area contributed by atoms with Crippen molar-refractivity contribution in [1.29, 1.82) is 0 Å². The molecule has 5 rings (SSSR count). The smallest absolute Gasteiger partial charge is 0.335 e. The molecule has 1 aliphatic carbocycles. The monoisotopic (exact) mass is 487 g/mol. The van der Waals surface area contributed by atoms with E-state index in [1.54, 1.807) is 12.1 Å². The normalized spacial score (nSPS) is 13.9. The van der Waals surface area contributed by atoms with Crippen LogP contribution in [0.4, 0.5) is 0 Å². The van der Waals surface area contributed by atoms with Crippen LogP contribution in [-0.2, 0) is 6.42 Å². The highest BCUT2D eigenvalue weighted by atomic mass is 35.5. The van der Waals surface area contributed by atoms with Crippen LogP contribution < -0.4 is 5.32 Å². The van der Waals surface area contributed by atoms with Gasteiger partial charge < -0.3 is 15.0 Å². The highest BCUT2D eigenvalue weighted by Crippen LogP contribution is 2.37. The Kier molecular flexibility index (Phi) is 6.55. The summed E-state index contributed by atoms with van der Waals surface area (Å²) in [7, 11) is 0. The van der Waals surface area contributed by atoms with Gasteiger partial charge in [0.2, 0.25) is 0 Å². The highest BCUT2D eigenvalue weighted by Gasteiger charge is 2.24. The van der Waals surface area contributed by atoms with Crippen molar-refractivity contribution >= 4 is 34.5 Å². The van der Waals surface area contributed by atoms with Gasteiger partial charge in [-0.25, -0.2) is 9.78 Å². The van der Waals surface area contributed by atoms with Gasteiger partial charge in [0.15, 0.2) is 0 Å². The van der Waals surface area contributed by atoms with Gasteiger partial charge in [-0.2, -0.15) is 0 Å². The minimum absolute atomic E-state index is 0.124. The molecular formula is C28H26ClN3O3. The highest BCUT2D eigenvalue weighted by molar-refractivity contribution is 6.30. The molecule has 35 heavy (non-hydrogen) atoms. The maximum absolute atomic E-state index is 12.6. The molecule has 1 aliphatic rings. The van der Waals surface area contributed by atoms with Gasteiger partial charge in [-0.15, -0.1) is 0 Å². The van der Waals surface area contributed by atoms with E-state index in [1.165, 1.54) is 12.8 Å². The Labute approximate surface area is 208 Å². The van der Waals surface area contributed by atoms with Crippen LogP contribution in [0.2, 0.25) is 5.02 Å². The number of aromatic carboxylic acids is 1. The van der Waals surface area contributed by atoms with Gasteiger partial charge >= 0.3 is 5.97 Å². The zero-order valence-electron chi connectivity index (χ0n) is 19.2. The average Bonchev–Trinajstić information content (AvgIpc) is 3.52. The van der Waals surface area contributed by atoms with Crippen LogP contribution in [0, 0.1) is 0 Å². The zero-order valence-corrected chi connectivity index (χ0v) is 20.0. The van der Waals surface area contributed by atoms with Crippen molar-refractivity contribution in [2.45, 2.75) is 38.1 Å². The first-order valence-electron chi connectivity index (χ1n) is 11.9. The summed E-state index contributed by atoms with van der Waals surface area (Å²) in [5.41, 5.74) is 4.45. The summed E-state index contributed by atoms with van der Waals surface area (Å²) in [5.74, 6) is -0.277. The molecule has 0 spiro atoms. The summed E-state index contributed by atoms with van der Waals surface area (Å²) < 4.78 is 2.25. The average molecular weight is 488 g/mol. The number of nitrogens with zero attached hydrogens (tertiary/aromatic N) is 2. The molecule has 0 aliphatic heterocycles. The van der Waals surface area contributed by atoms with Crippen LogP contribution in [0.15, 0.2) is 66.7 Å². The molecule has 1 saturated carbocycles. The Morgan fingerprint density at radius 2 is 1.66 bits per heavy atom. The topological polar surface area (TPSA) is 84.2 Å². The fourth-order valence-corrected chi connectivity index (χ4v) is 4.94.